The van der Waals surface area contributed by atoms with Crippen LogP contribution in [0, 0.1) is 17.3 Å². The number of allylic oxidation sites excluding steroid dienone is 1. The van der Waals surface area contributed by atoms with E-state index < -0.39 is 5.60 Å². The van der Waals surface area contributed by atoms with E-state index >= 15 is 0 Å². The summed E-state index contributed by atoms with van der Waals surface area (Å²) in [6.45, 7) is 18.9. The molecule has 1 rings (SSSR count). The molecule has 0 spiro atoms. The van der Waals surface area contributed by atoms with Gasteiger partial charge in [0.2, 0.25) is 0 Å². The molecule has 144 valence electrons. The quantitative estimate of drug-likeness (QED) is 0.736. The maximum Gasteiger partial charge on any atom is 0.253 e. The number of carbonyl (C=O) groups is 1. The van der Waals surface area contributed by atoms with Crippen molar-refractivity contribution in [3.8, 4) is 0 Å². The third-order valence-corrected chi connectivity index (χ3v) is 5.67. The molecular formula is C22H39NO2. The molecule has 1 aliphatic carbocycles. The molecular weight excluding hydrogens is 310 g/mol. The van der Waals surface area contributed by atoms with E-state index in [1.807, 2.05) is 30.9 Å². The maximum absolute atomic E-state index is 13.1. The largest absolute Gasteiger partial charge is 0.389 e. The standard InChI is InChI=1S/C22H39NO2/c1-10-22(25,11-2)19-14-17(12-13-18(19)21(7,8)9)20(24)23(15(3)4)16(5)6/h12-16,18-19,25H,10-11H2,1-9H3/t18-,19-/m1/s1. The van der Waals surface area contributed by atoms with Gasteiger partial charge in [0.15, 0.2) is 0 Å². The van der Waals surface area contributed by atoms with Crippen LogP contribution >= 0.6 is 0 Å². The summed E-state index contributed by atoms with van der Waals surface area (Å²) in [5.74, 6) is 0.223. The molecule has 0 aromatic rings. The second-order valence-electron chi connectivity index (χ2n) is 9.11. The van der Waals surface area contributed by atoms with Crippen molar-refractivity contribution in [2.24, 2.45) is 17.3 Å². The average Bonchev–Trinajstić information content (AvgIpc) is 2.51. The zero-order valence-electron chi connectivity index (χ0n) is 17.8. The highest BCUT2D eigenvalue weighted by Crippen LogP contribution is 2.44. The van der Waals surface area contributed by atoms with Gasteiger partial charge in [-0.15, -0.1) is 0 Å². The second-order valence-corrected chi connectivity index (χ2v) is 9.11. The molecule has 1 N–H and O–H groups in total. The molecule has 2 atom stereocenters. The Balaban J connectivity index is 3.34. The summed E-state index contributed by atoms with van der Waals surface area (Å²) < 4.78 is 0. The van der Waals surface area contributed by atoms with Crippen LogP contribution < -0.4 is 0 Å². The summed E-state index contributed by atoms with van der Waals surface area (Å²) in [6.07, 6.45) is 7.53. The number of carbonyl (C=O) groups excluding carboxylic acids is 1. The molecule has 0 unspecified atom stereocenters. The van der Waals surface area contributed by atoms with Crippen LogP contribution in [0.3, 0.4) is 0 Å². The Morgan fingerprint density at radius 2 is 1.56 bits per heavy atom. The maximum atomic E-state index is 13.1. The van der Waals surface area contributed by atoms with Crippen LogP contribution in [-0.2, 0) is 4.79 Å². The van der Waals surface area contributed by atoms with Crippen LogP contribution in [0.15, 0.2) is 23.8 Å². The number of aliphatic hydroxyl groups is 1. The van der Waals surface area contributed by atoms with E-state index in [1.54, 1.807) is 0 Å². The monoisotopic (exact) mass is 349 g/mol. The molecule has 0 aliphatic heterocycles. The van der Waals surface area contributed by atoms with Crippen LogP contribution in [-0.4, -0.2) is 33.6 Å². The molecule has 0 radical (unpaired) electrons. The van der Waals surface area contributed by atoms with Gasteiger partial charge in [-0.1, -0.05) is 52.8 Å². The lowest BCUT2D eigenvalue weighted by molar-refractivity contribution is -0.130. The topological polar surface area (TPSA) is 40.5 Å². The normalized spacial score (nSPS) is 21.7. The van der Waals surface area contributed by atoms with Gasteiger partial charge in [-0.3, -0.25) is 4.79 Å². The van der Waals surface area contributed by atoms with Gasteiger partial charge in [-0.2, -0.15) is 0 Å². The predicted molar refractivity (Wildman–Crippen MR) is 106 cm³/mol. The van der Waals surface area contributed by atoms with Crippen molar-refractivity contribution in [1.29, 1.82) is 0 Å². The minimum absolute atomic E-state index is 0.0281. The highest BCUT2D eigenvalue weighted by Gasteiger charge is 2.43. The number of hydrogen-bond donors (Lipinski definition) is 1. The van der Waals surface area contributed by atoms with E-state index in [4.69, 9.17) is 0 Å². The number of rotatable bonds is 6. The van der Waals surface area contributed by atoms with Crippen LogP contribution in [0.4, 0.5) is 0 Å². The molecule has 25 heavy (non-hydrogen) atoms. The Labute approximate surface area is 155 Å². The lowest BCUT2D eigenvalue weighted by atomic mass is 9.63. The van der Waals surface area contributed by atoms with E-state index in [2.05, 4.69) is 54.5 Å². The highest BCUT2D eigenvalue weighted by atomic mass is 16.3. The van der Waals surface area contributed by atoms with Gasteiger partial charge in [-0.25, -0.2) is 0 Å². The molecule has 1 amide bonds. The molecule has 0 saturated heterocycles. The summed E-state index contributed by atoms with van der Waals surface area (Å²) in [6, 6.07) is 0.300. The van der Waals surface area contributed by atoms with Crippen LogP contribution in [0.25, 0.3) is 0 Å². The minimum atomic E-state index is -0.783. The number of nitrogens with zero attached hydrogens (tertiary/aromatic N) is 1. The molecule has 0 fully saturated rings. The van der Waals surface area contributed by atoms with E-state index in [1.165, 1.54) is 0 Å². The molecule has 3 nitrogen and oxygen atoms in total. The Hall–Kier alpha value is -1.09. The van der Waals surface area contributed by atoms with Gasteiger partial charge in [-0.05, 0) is 51.9 Å². The van der Waals surface area contributed by atoms with Crippen molar-refractivity contribution < 1.29 is 9.90 Å². The fraction of sp³-hybridized carbons (Fsp3) is 0.773. The lowest BCUT2D eigenvalue weighted by Gasteiger charge is -2.44. The fourth-order valence-corrected chi connectivity index (χ4v) is 4.07. The predicted octanol–water partition coefficient (Wildman–Crippen LogP) is 4.96. The molecule has 0 bridgehead atoms. The molecule has 3 heteroatoms. The van der Waals surface area contributed by atoms with Gasteiger partial charge >= 0.3 is 0 Å². The van der Waals surface area contributed by atoms with Gasteiger partial charge in [0.25, 0.3) is 5.91 Å². The van der Waals surface area contributed by atoms with Gasteiger partial charge < -0.3 is 10.0 Å². The smallest absolute Gasteiger partial charge is 0.253 e. The van der Waals surface area contributed by atoms with Crippen LogP contribution in [0.1, 0.15) is 75.2 Å². The van der Waals surface area contributed by atoms with Crippen molar-refractivity contribution in [3.05, 3.63) is 23.8 Å². The molecule has 1 aliphatic rings. The van der Waals surface area contributed by atoms with E-state index in [0.717, 1.165) is 0 Å². The Morgan fingerprint density at radius 1 is 1.08 bits per heavy atom. The third kappa shape index (κ3) is 4.75. The summed E-state index contributed by atoms with van der Waals surface area (Å²) in [5, 5.41) is 11.2. The van der Waals surface area contributed by atoms with Gasteiger partial charge in [0.05, 0.1) is 5.60 Å². The zero-order valence-corrected chi connectivity index (χ0v) is 17.8. The lowest BCUT2D eigenvalue weighted by Crippen LogP contribution is -2.46. The SMILES string of the molecule is CCC(O)(CC)[C@@H]1C=C(C(=O)N(C(C)C)C(C)C)C=C[C@H]1C(C)(C)C. The zero-order chi connectivity index (χ0) is 19.6. The van der Waals surface area contributed by atoms with Crippen molar-refractivity contribution in [2.45, 2.75) is 92.8 Å². The second kappa shape index (κ2) is 8.07. The number of amides is 1. The van der Waals surface area contributed by atoms with Crippen molar-refractivity contribution in [2.75, 3.05) is 0 Å². The van der Waals surface area contributed by atoms with Crippen LogP contribution in [0.5, 0.6) is 0 Å². The Bertz CT molecular complexity index is 511. The van der Waals surface area contributed by atoms with Crippen LogP contribution in [0.2, 0.25) is 0 Å². The Morgan fingerprint density at radius 3 is 1.92 bits per heavy atom. The highest BCUT2D eigenvalue weighted by molar-refractivity contribution is 5.96. The Kier molecular flexibility index (Phi) is 7.09. The number of hydrogen-bond acceptors (Lipinski definition) is 2. The van der Waals surface area contributed by atoms with E-state index in [9.17, 15) is 9.90 Å². The molecule has 0 aromatic carbocycles. The summed E-state index contributed by atoms with van der Waals surface area (Å²) in [5.41, 5.74) is -0.0389. The summed E-state index contributed by atoms with van der Waals surface area (Å²) in [4.78, 5) is 15.0. The molecule has 0 aromatic heterocycles. The van der Waals surface area contributed by atoms with Gasteiger partial charge in [0, 0.05) is 23.6 Å². The molecule has 0 heterocycles. The summed E-state index contributed by atoms with van der Waals surface area (Å²) >= 11 is 0. The van der Waals surface area contributed by atoms with Crippen molar-refractivity contribution >= 4 is 5.91 Å². The van der Waals surface area contributed by atoms with E-state index in [-0.39, 0.29) is 35.2 Å². The first kappa shape index (κ1) is 22.0. The van der Waals surface area contributed by atoms with Gasteiger partial charge in [0.1, 0.15) is 0 Å². The average molecular weight is 350 g/mol. The van der Waals surface area contributed by atoms with Crippen molar-refractivity contribution in [1.82, 2.24) is 4.90 Å². The first-order valence-corrected chi connectivity index (χ1v) is 9.84. The third-order valence-electron chi connectivity index (χ3n) is 5.67. The summed E-state index contributed by atoms with van der Waals surface area (Å²) in [7, 11) is 0. The van der Waals surface area contributed by atoms with Crippen molar-refractivity contribution in [3.63, 3.8) is 0 Å². The van der Waals surface area contributed by atoms with E-state index in [0.29, 0.717) is 18.4 Å². The molecule has 0 saturated carbocycles. The first-order chi connectivity index (χ1) is 11.4. The fourth-order valence-electron chi connectivity index (χ4n) is 4.07. The first-order valence-electron chi connectivity index (χ1n) is 9.84. The minimum Gasteiger partial charge on any atom is -0.389 e.